The molecule has 1 fully saturated rings. The summed E-state index contributed by atoms with van der Waals surface area (Å²) in [5, 5.41) is 1.74. The van der Waals surface area contributed by atoms with Crippen molar-refractivity contribution >= 4 is 39.1 Å². The Morgan fingerprint density at radius 3 is 2.63 bits per heavy atom. The van der Waals surface area contributed by atoms with E-state index in [0.717, 1.165) is 17.7 Å². The number of amides is 2. The molecule has 1 N–H and O–H groups in total. The average molecular weight is 411 g/mol. The van der Waals surface area contributed by atoms with Crippen molar-refractivity contribution in [2.45, 2.75) is 60.3 Å². The lowest BCUT2D eigenvalue weighted by molar-refractivity contribution is -0.132. The number of sulfone groups is 1. The molecule has 1 saturated heterocycles. The van der Waals surface area contributed by atoms with Gasteiger partial charge in [-0.2, -0.15) is 0 Å². The fourth-order valence-corrected chi connectivity index (χ4v) is 5.64. The summed E-state index contributed by atoms with van der Waals surface area (Å²) in [5.41, 5.74) is 0.521. The molecule has 0 radical (unpaired) electrons. The van der Waals surface area contributed by atoms with Crippen molar-refractivity contribution in [1.82, 2.24) is 4.90 Å². The van der Waals surface area contributed by atoms with Crippen LogP contribution >= 0.6 is 11.8 Å². The van der Waals surface area contributed by atoms with E-state index in [9.17, 15) is 18.0 Å². The second kappa shape index (κ2) is 7.83. The Hall–Kier alpha value is -1.54. The Morgan fingerprint density at radius 1 is 1.30 bits per heavy atom. The number of carbonyl (C=O) groups is 2. The molecule has 1 aromatic carbocycles. The van der Waals surface area contributed by atoms with Gasteiger partial charge in [0.15, 0.2) is 9.84 Å². The van der Waals surface area contributed by atoms with Crippen LogP contribution in [0.4, 0.5) is 5.69 Å². The zero-order valence-corrected chi connectivity index (χ0v) is 17.5. The van der Waals surface area contributed by atoms with Crippen molar-refractivity contribution in [3.63, 3.8) is 0 Å². The van der Waals surface area contributed by atoms with Gasteiger partial charge in [0, 0.05) is 24.4 Å². The normalized spacial score (nSPS) is 22.1. The van der Waals surface area contributed by atoms with Gasteiger partial charge in [-0.05, 0) is 50.8 Å². The highest BCUT2D eigenvalue weighted by Crippen LogP contribution is 2.37. The van der Waals surface area contributed by atoms with Gasteiger partial charge >= 0.3 is 0 Å². The summed E-state index contributed by atoms with van der Waals surface area (Å²) in [6.45, 7) is 6.96. The number of piperidine rings is 1. The Balaban J connectivity index is 1.73. The molecule has 2 heterocycles. The number of anilines is 1. The molecule has 3 rings (SSSR count). The first kappa shape index (κ1) is 20.2. The van der Waals surface area contributed by atoms with Crippen molar-refractivity contribution in [2.75, 3.05) is 18.4 Å². The van der Waals surface area contributed by atoms with Crippen molar-refractivity contribution in [3.05, 3.63) is 18.2 Å². The van der Waals surface area contributed by atoms with E-state index in [2.05, 4.69) is 12.2 Å². The minimum absolute atomic E-state index is 0.0219. The van der Waals surface area contributed by atoms with Crippen molar-refractivity contribution < 1.29 is 18.0 Å². The third-order valence-electron chi connectivity index (χ3n) is 5.34. The van der Waals surface area contributed by atoms with E-state index in [-0.39, 0.29) is 28.4 Å². The summed E-state index contributed by atoms with van der Waals surface area (Å²) < 4.78 is 25.9. The molecule has 0 saturated carbocycles. The predicted molar refractivity (Wildman–Crippen MR) is 107 cm³/mol. The molecule has 8 heteroatoms. The summed E-state index contributed by atoms with van der Waals surface area (Å²) in [4.78, 5) is 27.1. The third-order valence-corrected chi connectivity index (χ3v) is 8.65. The standard InChI is InChI=1S/C19H26N2O4S2/c1-12-6-8-21(9-7-12)18(22)10-13(2)27(24,25)15-4-5-17-16(11-15)20-19(23)14(3)26-17/h4-5,11-14H,6-10H2,1-3H3,(H,20,23)/t13-,14-/m0/s1. The van der Waals surface area contributed by atoms with Gasteiger partial charge in [-0.25, -0.2) is 8.42 Å². The maximum atomic E-state index is 12.9. The zero-order chi connectivity index (χ0) is 19.8. The van der Waals surface area contributed by atoms with Crippen LogP contribution in [0.5, 0.6) is 0 Å². The molecule has 0 unspecified atom stereocenters. The number of benzene rings is 1. The first-order chi connectivity index (χ1) is 12.7. The minimum Gasteiger partial charge on any atom is -0.343 e. The number of likely N-dealkylation sites (tertiary alicyclic amines) is 1. The smallest absolute Gasteiger partial charge is 0.237 e. The van der Waals surface area contributed by atoms with Crippen molar-refractivity contribution in [3.8, 4) is 0 Å². The van der Waals surface area contributed by atoms with Crippen LogP contribution in [-0.2, 0) is 19.4 Å². The molecule has 2 aliphatic rings. The van der Waals surface area contributed by atoms with Crippen LogP contribution < -0.4 is 5.32 Å². The molecule has 1 aromatic rings. The molecular formula is C19H26N2O4S2. The third kappa shape index (κ3) is 4.32. The van der Waals surface area contributed by atoms with Gasteiger partial charge in [-0.3, -0.25) is 9.59 Å². The second-order valence-electron chi connectivity index (χ2n) is 7.53. The fourth-order valence-electron chi connectivity index (χ4n) is 3.34. The molecule has 2 amide bonds. The van der Waals surface area contributed by atoms with Gasteiger partial charge in [0.1, 0.15) is 0 Å². The van der Waals surface area contributed by atoms with E-state index in [1.807, 2.05) is 6.92 Å². The molecule has 148 valence electrons. The lowest BCUT2D eigenvalue weighted by atomic mass is 9.99. The van der Waals surface area contributed by atoms with Crippen LogP contribution in [0, 0.1) is 5.92 Å². The minimum atomic E-state index is -3.66. The highest BCUT2D eigenvalue weighted by Gasteiger charge is 2.31. The van der Waals surface area contributed by atoms with E-state index >= 15 is 0 Å². The summed E-state index contributed by atoms with van der Waals surface area (Å²) in [7, 11) is -3.66. The first-order valence-corrected chi connectivity index (χ1v) is 11.7. The number of carbonyl (C=O) groups excluding carboxylic acids is 2. The molecule has 27 heavy (non-hydrogen) atoms. The Morgan fingerprint density at radius 2 is 1.96 bits per heavy atom. The van der Waals surface area contributed by atoms with Gasteiger partial charge in [-0.15, -0.1) is 11.8 Å². The van der Waals surface area contributed by atoms with Crippen molar-refractivity contribution in [1.29, 1.82) is 0 Å². The fraction of sp³-hybridized carbons (Fsp3) is 0.579. The molecule has 0 bridgehead atoms. The number of thioether (sulfide) groups is 1. The van der Waals surface area contributed by atoms with Gasteiger partial charge in [0.05, 0.1) is 21.1 Å². The molecule has 2 atom stereocenters. The van der Waals surface area contributed by atoms with E-state index in [4.69, 9.17) is 0 Å². The molecular weight excluding hydrogens is 384 g/mol. The number of rotatable bonds is 4. The molecule has 6 nitrogen and oxygen atoms in total. The lowest BCUT2D eigenvalue weighted by Gasteiger charge is -2.31. The number of hydrogen-bond acceptors (Lipinski definition) is 5. The Labute approximate surface area is 165 Å². The lowest BCUT2D eigenvalue weighted by Crippen LogP contribution is -2.40. The van der Waals surface area contributed by atoms with Crippen LogP contribution in [0.15, 0.2) is 28.0 Å². The largest absolute Gasteiger partial charge is 0.343 e. The molecule has 0 aliphatic carbocycles. The first-order valence-electron chi connectivity index (χ1n) is 9.31. The maximum Gasteiger partial charge on any atom is 0.237 e. The molecule has 2 aliphatic heterocycles. The van der Waals surface area contributed by atoms with Gasteiger partial charge in [-0.1, -0.05) is 6.92 Å². The second-order valence-corrected chi connectivity index (χ2v) is 11.3. The monoisotopic (exact) mass is 410 g/mol. The van der Waals surface area contributed by atoms with E-state index < -0.39 is 15.1 Å². The number of hydrogen-bond donors (Lipinski definition) is 1. The van der Waals surface area contributed by atoms with Gasteiger partial charge in [0.25, 0.3) is 0 Å². The SMILES string of the molecule is CC1CCN(C(=O)C[C@H](C)S(=O)(=O)c2ccc3c(c2)NC(=O)[C@H](C)S3)CC1. The van der Waals surface area contributed by atoms with Crippen LogP contribution in [0.25, 0.3) is 0 Å². The van der Waals surface area contributed by atoms with Gasteiger partial charge < -0.3 is 10.2 Å². The maximum absolute atomic E-state index is 12.9. The van der Waals surface area contributed by atoms with E-state index in [1.54, 1.807) is 24.0 Å². The Bertz CT molecular complexity index is 845. The van der Waals surface area contributed by atoms with Crippen LogP contribution in [0.3, 0.4) is 0 Å². The summed E-state index contributed by atoms with van der Waals surface area (Å²) in [6, 6.07) is 4.79. The Kier molecular flexibility index (Phi) is 5.86. The summed E-state index contributed by atoms with van der Waals surface area (Å²) in [6.07, 6.45) is 1.91. The van der Waals surface area contributed by atoms with Crippen molar-refractivity contribution in [2.24, 2.45) is 5.92 Å². The van der Waals surface area contributed by atoms with Crippen LogP contribution in [0.1, 0.15) is 40.0 Å². The highest BCUT2D eigenvalue weighted by atomic mass is 32.2. The average Bonchev–Trinajstić information content (AvgIpc) is 2.62. The molecule has 0 aromatic heterocycles. The highest BCUT2D eigenvalue weighted by molar-refractivity contribution is 8.01. The van der Waals surface area contributed by atoms with Gasteiger partial charge in [0.2, 0.25) is 11.8 Å². The summed E-state index contributed by atoms with van der Waals surface area (Å²) >= 11 is 1.41. The van der Waals surface area contributed by atoms with Crippen LogP contribution in [0.2, 0.25) is 0 Å². The molecule has 0 spiro atoms. The quantitative estimate of drug-likeness (QED) is 0.825. The number of nitrogens with one attached hydrogen (secondary N) is 1. The number of fused-ring (bicyclic) bond motifs is 1. The number of nitrogens with zero attached hydrogens (tertiary/aromatic N) is 1. The summed E-state index contributed by atoms with van der Waals surface area (Å²) in [5.74, 6) is 0.375. The van der Waals surface area contributed by atoms with E-state index in [0.29, 0.717) is 24.7 Å². The van der Waals surface area contributed by atoms with Crippen LogP contribution in [-0.4, -0.2) is 48.7 Å². The zero-order valence-electron chi connectivity index (χ0n) is 15.9. The topological polar surface area (TPSA) is 83.6 Å². The van der Waals surface area contributed by atoms with E-state index in [1.165, 1.54) is 17.8 Å². The predicted octanol–water partition coefficient (Wildman–Crippen LogP) is 2.93.